The van der Waals surface area contributed by atoms with Crippen molar-refractivity contribution >= 4 is 5.97 Å². The van der Waals surface area contributed by atoms with E-state index >= 15 is 0 Å². The Hall–Kier alpha value is -0.530. The number of hydrogen-bond donors (Lipinski definition) is 0. The van der Waals surface area contributed by atoms with Crippen LogP contribution in [-0.2, 0) is 9.53 Å². The highest BCUT2D eigenvalue weighted by molar-refractivity contribution is 5.66. The molecule has 2 nitrogen and oxygen atoms in total. The van der Waals surface area contributed by atoms with Crippen LogP contribution in [0.3, 0.4) is 0 Å². The zero-order valence-corrected chi connectivity index (χ0v) is 17.0. The fourth-order valence-electron chi connectivity index (χ4n) is 5.80. The van der Waals surface area contributed by atoms with Crippen molar-refractivity contribution < 1.29 is 9.53 Å². The van der Waals surface area contributed by atoms with E-state index in [1.165, 1.54) is 51.9 Å². The minimum absolute atomic E-state index is 0.111. The highest BCUT2D eigenvalue weighted by atomic mass is 16.5. The summed E-state index contributed by atoms with van der Waals surface area (Å²) in [6, 6.07) is 0. The summed E-state index contributed by atoms with van der Waals surface area (Å²) >= 11 is 0. The number of ether oxygens (including phenoxy) is 1. The summed E-state index contributed by atoms with van der Waals surface area (Å²) < 4.78 is 5.40. The monoisotopic (exact) mass is 336 g/mol. The molecule has 0 amide bonds. The van der Waals surface area contributed by atoms with Crippen LogP contribution in [0.4, 0.5) is 0 Å². The lowest BCUT2D eigenvalue weighted by molar-refractivity contribution is -0.148. The lowest BCUT2D eigenvalue weighted by Crippen LogP contribution is -2.34. The minimum Gasteiger partial charge on any atom is -0.463 e. The van der Waals surface area contributed by atoms with Crippen molar-refractivity contribution in [3.8, 4) is 0 Å². The predicted octanol–water partition coefficient (Wildman–Crippen LogP) is 6.38. The van der Waals surface area contributed by atoms with Crippen molar-refractivity contribution in [3.63, 3.8) is 0 Å². The molecule has 2 fully saturated rings. The zero-order chi connectivity index (χ0) is 18.0. The largest absolute Gasteiger partial charge is 0.463 e. The molecule has 2 aliphatic rings. The molecular formula is C22H40O2. The van der Waals surface area contributed by atoms with Crippen LogP contribution in [0.2, 0.25) is 0 Å². The molecule has 0 saturated heterocycles. The molecule has 0 spiro atoms. The summed E-state index contributed by atoms with van der Waals surface area (Å²) in [5, 5.41) is 0. The number of rotatable bonds is 4. The van der Waals surface area contributed by atoms with Gasteiger partial charge in [-0.05, 0) is 86.4 Å². The Labute approximate surface area is 150 Å². The molecule has 0 bridgehead atoms. The molecule has 0 N–H and O–H groups in total. The topological polar surface area (TPSA) is 26.3 Å². The molecule has 0 atom stereocenters. The van der Waals surface area contributed by atoms with E-state index in [1.807, 2.05) is 0 Å². The highest BCUT2D eigenvalue weighted by Gasteiger charge is 2.38. The molecular weight excluding hydrogens is 296 g/mol. The van der Waals surface area contributed by atoms with Crippen molar-refractivity contribution in [3.05, 3.63) is 0 Å². The SMILES string of the molecule is CC(=O)OC1CCC(C2CCC(C(C)(C)CC(C)(C)C)CC2)CC1. The summed E-state index contributed by atoms with van der Waals surface area (Å²) in [5.41, 5.74) is 0.894. The molecule has 2 aliphatic carbocycles. The van der Waals surface area contributed by atoms with Crippen LogP contribution in [0.5, 0.6) is 0 Å². The van der Waals surface area contributed by atoms with Gasteiger partial charge < -0.3 is 4.74 Å². The van der Waals surface area contributed by atoms with E-state index in [4.69, 9.17) is 4.74 Å². The third-order valence-corrected chi connectivity index (χ3v) is 6.58. The average Bonchev–Trinajstić information content (AvgIpc) is 2.45. The third-order valence-electron chi connectivity index (χ3n) is 6.58. The molecule has 2 saturated carbocycles. The van der Waals surface area contributed by atoms with Crippen LogP contribution in [-0.4, -0.2) is 12.1 Å². The molecule has 0 aromatic rings. The van der Waals surface area contributed by atoms with Gasteiger partial charge in [-0.1, -0.05) is 34.6 Å². The van der Waals surface area contributed by atoms with Gasteiger partial charge >= 0.3 is 5.97 Å². The highest BCUT2D eigenvalue weighted by Crippen LogP contribution is 2.48. The predicted molar refractivity (Wildman–Crippen MR) is 101 cm³/mol. The van der Waals surface area contributed by atoms with Crippen LogP contribution in [0, 0.1) is 28.6 Å². The van der Waals surface area contributed by atoms with Gasteiger partial charge in [0.15, 0.2) is 0 Å². The minimum atomic E-state index is -0.111. The first kappa shape index (κ1) is 19.8. The van der Waals surface area contributed by atoms with E-state index in [2.05, 4.69) is 34.6 Å². The van der Waals surface area contributed by atoms with E-state index < -0.39 is 0 Å². The van der Waals surface area contributed by atoms with Gasteiger partial charge in [-0.15, -0.1) is 0 Å². The van der Waals surface area contributed by atoms with E-state index in [0.717, 1.165) is 30.6 Å². The fraction of sp³-hybridized carbons (Fsp3) is 0.955. The van der Waals surface area contributed by atoms with Crippen LogP contribution >= 0.6 is 0 Å². The summed E-state index contributed by atoms with van der Waals surface area (Å²) in [5.74, 6) is 2.58. The maximum atomic E-state index is 11.1. The van der Waals surface area contributed by atoms with E-state index in [0.29, 0.717) is 10.8 Å². The van der Waals surface area contributed by atoms with Gasteiger partial charge in [-0.25, -0.2) is 0 Å². The zero-order valence-electron chi connectivity index (χ0n) is 17.0. The van der Waals surface area contributed by atoms with Gasteiger partial charge in [0, 0.05) is 6.92 Å². The van der Waals surface area contributed by atoms with Crippen LogP contribution in [0.15, 0.2) is 0 Å². The molecule has 2 rings (SSSR count). The summed E-state index contributed by atoms with van der Waals surface area (Å²) in [4.78, 5) is 11.1. The van der Waals surface area contributed by atoms with Gasteiger partial charge in [0.1, 0.15) is 6.10 Å². The van der Waals surface area contributed by atoms with Crippen molar-refractivity contribution in [2.75, 3.05) is 0 Å². The number of carbonyl (C=O) groups is 1. The first-order valence-corrected chi connectivity index (χ1v) is 10.2. The second kappa shape index (κ2) is 7.79. The first-order chi connectivity index (χ1) is 11.1. The molecule has 24 heavy (non-hydrogen) atoms. The lowest BCUT2D eigenvalue weighted by Gasteiger charge is -2.44. The van der Waals surface area contributed by atoms with E-state index in [1.54, 1.807) is 0 Å². The van der Waals surface area contributed by atoms with Gasteiger partial charge in [0.2, 0.25) is 0 Å². The quantitative estimate of drug-likeness (QED) is 0.557. The Morgan fingerprint density at radius 2 is 1.29 bits per heavy atom. The molecule has 0 aliphatic heterocycles. The van der Waals surface area contributed by atoms with E-state index in [-0.39, 0.29) is 12.1 Å². The van der Waals surface area contributed by atoms with Crippen LogP contribution in [0.1, 0.15) is 99.3 Å². The van der Waals surface area contributed by atoms with Crippen molar-refractivity contribution in [1.82, 2.24) is 0 Å². The summed E-state index contributed by atoms with van der Waals surface area (Å²) in [6.45, 7) is 13.7. The van der Waals surface area contributed by atoms with Crippen LogP contribution in [0.25, 0.3) is 0 Å². The van der Waals surface area contributed by atoms with Gasteiger partial charge in [0.05, 0.1) is 0 Å². The maximum absolute atomic E-state index is 11.1. The van der Waals surface area contributed by atoms with Gasteiger partial charge in [-0.3, -0.25) is 4.79 Å². The Bertz CT molecular complexity index is 402. The molecule has 0 radical (unpaired) electrons. The maximum Gasteiger partial charge on any atom is 0.302 e. The summed E-state index contributed by atoms with van der Waals surface area (Å²) in [6.07, 6.45) is 11.9. The normalized spacial score (nSPS) is 32.4. The smallest absolute Gasteiger partial charge is 0.302 e. The van der Waals surface area contributed by atoms with Crippen molar-refractivity contribution in [2.24, 2.45) is 28.6 Å². The van der Waals surface area contributed by atoms with E-state index in [9.17, 15) is 4.79 Å². The first-order valence-electron chi connectivity index (χ1n) is 10.2. The number of hydrogen-bond acceptors (Lipinski definition) is 2. The molecule has 2 heteroatoms. The average molecular weight is 337 g/mol. The lowest BCUT2D eigenvalue weighted by atomic mass is 9.61. The Kier molecular flexibility index (Phi) is 6.42. The van der Waals surface area contributed by atoms with Crippen LogP contribution < -0.4 is 0 Å². The standard InChI is InChI=1S/C22H40O2/c1-16(23)24-20-13-9-18(10-14-20)17-7-11-19(12-8-17)22(5,6)15-21(2,3)4/h17-20H,7-15H2,1-6H3. The molecule has 0 aromatic heterocycles. The van der Waals surface area contributed by atoms with Crippen molar-refractivity contribution in [2.45, 2.75) is 105 Å². The Morgan fingerprint density at radius 1 is 0.833 bits per heavy atom. The Morgan fingerprint density at radius 3 is 1.71 bits per heavy atom. The Balaban J connectivity index is 1.78. The molecule has 0 unspecified atom stereocenters. The second-order valence-electron chi connectivity index (χ2n) is 10.5. The molecule has 0 heterocycles. The fourth-order valence-corrected chi connectivity index (χ4v) is 5.80. The number of carbonyl (C=O) groups excluding carboxylic acids is 1. The molecule has 140 valence electrons. The van der Waals surface area contributed by atoms with Gasteiger partial charge in [-0.2, -0.15) is 0 Å². The second-order valence-corrected chi connectivity index (χ2v) is 10.5. The van der Waals surface area contributed by atoms with Crippen molar-refractivity contribution in [1.29, 1.82) is 0 Å². The van der Waals surface area contributed by atoms with Gasteiger partial charge in [0.25, 0.3) is 0 Å². The summed E-state index contributed by atoms with van der Waals surface area (Å²) in [7, 11) is 0. The third kappa shape index (κ3) is 5.77. The number of esters is 1. The molecule has 0 aromatic carbocycles.